The van der Waals surface area contributed by atoms with Crippen LogP contribution in [0.4, 0.5) is 0 Å². The van der Waals surface area contributed by atoms with Crippen LogP contribution in [0.2, 0.25) is 0 Å². The standard InChI is InChI=1S/C21H25NO2/c1-13-6-9-15(10-7-13)18-19(21(18,3)4)22-20(23)16-12-14(2)8-11-17(16)24-5/h6-12,18-19H,1-5H3,(H,22,23)/t18-,19-/m0/s1. The molecule has 1 N–H and O–H groups in total. The summed E-state index contributed by atoms with van der Waals surface area (Å²) in [6, 6.07) is 14.4. The Morgan fingerprint density at radius 1 is 1.04 bits per heavy atom. The third-order valence-electron chi connectivity index (χ3n) is 5.15. The first kappa shape index (κ1) is 16.6. The largest absolute Gasteiger partial charge is 0.496 e. The van der Waals surface area contributed by atoms with Crippen molar-refractivity contribution in [1.82, 2.24) is 5.32 Å². The lowest BCUT2D eigenvalue weighted by atomic mass is 10.0. The molecule has 3 rings (SSSR count). The molecule has 0 aromatic heterocycles. The summed E-state index contributed by atoms with van der Waals surface area (Å²) in [5.41, 5.74) is 4.24. The van der Waals surface area contributed by atoms with Crippen LogP contribution in [0.15, 0.2) is 42.5 Å². The molecule has 1 saturated carbocycles. The van der Waals surface area contributed by atoms with Crippen LogP contribution < -0.4 is 10.1 Å². The van der Waals surface area contributed by atoms with E-state index < -0.39 is 0 Å². The Kier molecular flexibility index (Phi) is 4.12. The highest BCUT2D eigenvalue weighted by atomic mass is 16.5. The molecule has 0 radical (unpaired) electrons. The minimum atomic E-state index is -0.0664. The Morgan fingerprint density at radius 2 is 1.67 bits per heavy atom. The predicted octanol–water partition coefficient (Wildman–Crippen LogP) is 4.23. The van der Waals surface area contributed by atoms with Gasteiger partial charge in [0.05, 0.1) is 12.7 Å². The normalized spacial score (nSPS) is 21.2. The average Bonchev–Trinajstić information content (AvgIpc) is 3.08. The van der Waals surface area contributed by atoms with Crippen molar-refractivity contribution in [3.05, 3.63) is 64.7 Å². The molecule has 1 fully saturated rings. The molecule has 0 saturated heterocycles. The zero-order valence-corrected chi connectivity index (χ0v) is 15.0. The van der Waals surface area contributed by atoms with E-state index in [1.807, 2.05) is 25.1 Å². The summed E-state index contributed by atoms with van der Waals surface area (Å²) in [7, 11) is 1.59. The van der Waals surface area contributed by atoms with Crippen molar-refractivity contribution >= 4 is 5.91 Å². The van der Waals surface area contributed by atoms with Crippen LogP contribution in [-0.4, -0.2) is 19.1 Å². The van der Waals surface area contributed by atoms with Crippen LogP contribution >= 0.6 is 0 Å². The molecule has 2 aromatic carbocycles. The number of aryl methyl sites for hydroxylation is 2. The van der Waals surface area contributed by atoms with Crippen molar-refractivity contribution in [3.63, 3.8) is 0 Å². The zero-order chi connectivity index (χ0) is 17.5. The van der Waals surface area contributed by atoms with Crippen LogP contribution in [-0.2, 0) is 0 Å². The quantitative estimate of drug-likeness (QED) is 0.914. The molecule has 0 unspecified atom stereocenters. The van der Waals surface area contributed by atoms with E-state index in [1.165, 1.54) is 11.1 Å². The van der Waals surface area contributed by atoms with Gasteiger partial charge in [0.15, 0.2) is 0 Å². The number of benzene rings is 2. The van der Waals surface area contributed by atoms with Crippen LogP contribution in [0, 0.1) is 19.3 Å². The van der Waals surface area contributed by atoms with Crippen LogP contribution in [0.3, 0.4) is 0 Å². The maximum atomic E-state index is 12.8. The predicted molar refractivity (Wildman–Crippen MR) is 96.7 cm³/mol. The van der Waals surface area contributed by atoms with Crippen molar-refractivity contribution in [2.24, 2.45) is 5.41 Å². The molecule has 0 bridgehead atoms. The minimum Gasteiger partial charge on any atom is -0.496 e. The Labute approximate surface area is 144 Å². The van der Waals surface area contributed by atoms with Crippen molar-refractivity contribution in [2.75, 3.05) is 7.11 Å². The molecule has 3 nitrogen and oxygen atoms in total. The first-order valence-electron chi connectivity index (χ1n) is 8.36. The van der Waals surface area contributed by atoms with Gasteiger partial charge in [-0.2, -0.15) is 0 Å². The van der Waals surface area contributed by atoms with E-state index in [-0.39, 0.29) is 17.4 Å². The van der Waals surface area contributed by atoms with E-state index in [1.54, 1.807) is 7.11 Å². The fourth-order valence-corrected chi connectivity index (χ4v) is 3.52. The molecule has 0 heterocycles. The topological polar surface area (TPSA) is 38.3 Å². The number of amides is 1. The third-order valence-corrected chi connectivity index (χ3v) is 5.15. The van der Waals surface area contributed by atoms with Gasteiger partial charge in [0.25, 0.3) is 5.91 Å². The monoisotopic (exact) mass is 323 g/mol. The highest BCUT2D eigenvalue weighted by Gasteiger charge is 2.59. The fraction of sp³-hybridized carbons (Fsp3) is 0.381. The third kappa shape index (κ3) is 2.91. The Morgan fingerprint density at radius 3 is 2.29 bits per heavy atom. The lowest BCUT2D eigenvalue weighted by Crippen LogP contribution is -2.29. The minimum absolute atomic E-state index is 0.0575. The second-order valence-electron chi connectivity index (χ2n) is 7.36. The van der Waals surface area contributed by atoms with E-state index in [9.17, 15) is 4.79 Å². The maximum absolute atomic E-state index is 12.8. The highest BCUT2D eigenvalue weighted by Crippen LogP contribution is 2.58. The Bertz CT molecular complexity index is 762. The van der Waals surface area contributed by atoms with Gasteiger partial charge in [-0.15, -0.1) is 0 Å². The summed E-state index contributed by atoms with van der Waals surface area (Å²) in [6.45, 7) is 8.48. The summed E-state index contributed by atoms with van der Waals surface area (Å²) >= 11 is 0. The number of ether oxygens (including phenoxy) is 1. The van der Waals surface area contributed by atoms with Crippen LogP contribution in [0.5, 0.6) is 5.75 Å². The van der Waals surface area contributed by atoms with E-state index >= 15 is 0 Å². The number of carbonyl (C=O) groups is 1. The molecule has 2 atom stereocenters. The summed E-state index contributed by atoms with van der Waals surface area (Å²) in [4.78, 5) is 12.8. The van der Waals surface area contributed by atoms with Gasteiger partial charge in [0, 0.05) is 12.0 Å². The molecule has 2 aromatic rings. The van der Waals surface area contributed by atoms with E-state index in [0.717, 1.165) is 5.56 Å². The molecule has 1 aliphatic carbocycles. The number of rotatable bonds is 4. The number of methoxy groups -OCH3 is 1. The SMILES string of the molecule is COc1ccc(C)cc1C(=O)N[C@H]1[C@H](c2ccc(C)cc2)C1(C)C. The summed E-state index contributed by atoms with van der Waals surface area (Å²) in [5, 5.41) is 3.21. The van der Waals surface area contributed by atoms with Crippen LogP contribution in [0.1, 0.15) is 46.8 Å². The Balaban J connectivity index is 1.80. The molecule has 1 amide bonds. The van der Waals surface area contributed by atoms with Crippen molar-refractivity contribution in [2.45, 2.75) is 39.7 Å². The first-order chi connectivity index (χ1) is 11.3. The summed E-state index contributed by atoms with van der Waals surface area (Å²) in [6.07, 6.45) is 0. The molecular weight excluding hydrogens is 298 g/mol. The van der Waals surface area contributed by atoms with E-state index in [2.05, 4.69) is 50.4 Å². The molecule has 24 heavy (non-hydrogen) atoms. The summed E-state index contributed by atoms with van der Waals surface area (Å²) < 4.78 is 5.34. The van der Waals surface area contributed by atoms with Gasteiger partial charge in [0.2, 0.25) is 0 Å². The fourth-order valence-electron chi connectivity index (χ4n) is 3.52. The molecule has 1 aliphatic rings. The lowest BCUT2D eigenvalue weighted by molar-refractivity contribution is 0.0943. The second-order valence-corrected chi connectivity index (χ2v) is 7.36. The van der Waals surface area contributed by atoms with Gasteiger partial charge in [-0.25, -0.2) is 0 Å². The molecule has 126 valence electrons. The number of hydrogen-bond acceptors (Lipinski definition) is 2. The summed E-state index contributed by atoms with van der Waals surface area (Å²) in [5.74, 6) is 0.893. The molecule has 3 heteroatoms. The number of carbonyl (C=O) groups excluding carboxylic acids is 1. The lowest BCUT2D eigenvalue weighted by Gasteiger charge is -2.11. The van der Waals surface area contributed by atoms with E-state index in [4.69, 9.17) is 4.74 Å². The number of nitrogens with one attached hydrogen (secondary N) is 1. The maximum Gasteiger partial charge on any atom is 0.255 e. The molecular formula is C21H25NO2. The first-order valence-corrected chi connectivity index (χ1v) is 8.36. The van der Waals surface area contributed by atoms with Crippen molar-refractivity contribution in [1.29, 1.82) is 0 Å². The Hall–Kier alpha value is -2.29. The second kappa shape index (κ2) is 5.97. The van der Waals surface area contributed by atoms with Crippen LogP contribution in [0.25, 0.3) is 0 Å². The molecule has 0 spiro atoms. The van der Waals surface area contributed by atoms with Gasteiger partial charge in [-0.3, -0.25) is 4.79 Å². The zero-order valence-electron chi connectivity index (χ0n) is 15.0. The average molecular weight is 323 g/mol. The van der Waals surface area contributed by atoms with Crippen molar-refractivity contribution < 1.29 is 9.53 Å². The highest BCUT2D eigenvalue weighted by molar-refractivity contribution is 5.97. The van der Waals surface area contributed by atoms with Gasteiger partial charge >= 0.3 is 0 Å². The smallest absolute Gasteiger partial charge is 0.255 e. The van der Waals surface area contributed by atoms with Gasteiger partial charge in [-0.05, 0) is 37.0 Å². The van der Waals surface area contributed by atoms with Gasteiger partial charge in [-0.1, -0.05) is 55.3 Å². The van der Waals surface area contributed by atoms with Crippen molar-refractivity contribution in [3.8, 4) is 5.75 Å². The number of hydrogen-bond donors (Lipinski definition) is 1. The van der Waals surface area contributed by atoms with Gasteiger partial charge < -0.3 is 10.1 Å². The molecule has 0 aliphatic heterocycles. The van der Waals surface area contributed by atoms with E-state index in [0.29, 0.717) is 17.2 Å². The van der Waals surface area contributed by atoms with Gasteiger partial charge in [0.1, 0.15) is 5.75 Å².